The Bertz CT molecular complexity index is 515. The van der Waals surface area contributed by atoms with E-state index in [0.29, 0.717) is 18.1 Å². The molecule has 3 amide bonds. The Morgan fingerprint density at radius 1 is 1.18 bits per heavy atom. The third-order valence-corrected chi connectivity index (χ3v) is 3.66. The van der Waals surface area contributed by atoms with E-state index in [1.807, 2.05) is 45.0 Å². The quantitative estimate of drug-likeness (QED) is 0.752. The zero-order valence-electron chi connectivity index (χ0n) is 13.5. The van der Waals surface area contributed by atoms with Crippen molar-refractivity contribution in [1.82, 2.24) is 16.0 Å². The van der Waals surface area contributed by atoms with Gasteiger partial charge in [-0.25, -0.2) is 4.79 Å². The van der Waals surface area contributed by atoms with Crippen molar-refractivity contribution >= 4 is 23.5 Å². The maximum atomic E-state index is 11.9. The van der Waals surface area contributed by atoms with Crippen LogP contribution in [0.2, 0.25) is 5.02 Å². The molecule has 1 rings (SSSR count). The van der Waals surface area contributed by atoms with Crippen LogP contribution in [0.1, 0.15) is 33.3 Å². The number of likely N-dealkylation sites (N-methyl/N-ethyl adjacent to an activating group) is 1. The van der Waals surface area contributed by atoms with Gasteiger partial charge in [-0.15, -0.1) is 0 Å². The third kappa shape index (κ3) is 5.56. The fourth-order valence-electron chi connectivity index (χ4n) is 1.94. The van der Waals surface area contributed by atoms with E-state index in [4.69, 9.17) is 11.6 Å². The fourth-order valence-corrected chi connectivity index (χ4v) is 2.07. The van der Waals surface area contributed by atoms with Crippen molar-refractivity contribution in [2.75, 3.05) is 13.1 Å². The van der Waals surface area contributed by atoms with E-state index in [2.05, 4.69) is 16.0 Å². The Morgan fingerprint density at radius 2 is 1.77 bits per heavy atom. The van der Waals surface area contributed by atoms with Crippen molar-refractivity contribution in [3.8, 4) is 0 Å². The Balaban J connectivity index is 2.52. The topological polar surface area (TPSA) is 70.2 Å². The fraction of sp³-hybridized carbons (Fsp3) is 0.500. The number of carbonyl (C=O) groups is 2. The number of hydrogen-bond acceptors (Lipinski definition) is 2. The van der Waals surface area contributed by atoms with Crippen LogP contribution in [0.5, 0.6) is 0 Å². The molecule has 1 atom stereocenters. The van der Waals surface area contributed by atoms with Crippen LogP contribution in [0, 0.1) is 0 Å². The van der Waals surface area contributed by atoms with Gasteiger partial charge >= 0.3 is 6.03 Å². The van der Waals surface area contributed by atoms with Crippen LogP contribution in [0.15, 0.2) is 24.3 Å². The van der Waals surface area contributed by atoms with E-state index in [1.54, 1.807) is 6.92 Å². The minimum absolute atomic E-state index is 0.199. The number of urea groups is 1. The zero-order valence-corrected chi connectivity index (χ0v) is 14.3. The summed E-state index contributed by atoms with van der Waals surface area (Å²) in [6.45, 7) is 8.53. The van der Waals surface area contributed by atoms with Crippen LogP contribution in [0.3, 0.4) is 0 Å². The van der Waals surface area contributed by atoms with Crippen molar-refractivity contribution in [2.45, 2.75) is 39.2 Å². The number of benzene rings is 1. The molecule has 0 aliphatic rings. The maximum absolute atomic E-state index is 11.9. The Hall–Kier alpha value is -1.75. The first-order chi connectivity index (χ1) is 10.3. The first kappa shape index (κ1) is 18.3. The highest BCUT2D eigenvalue weighted by Gasteiger charge is 2.22. The summed E-state index contributed by atoms with van der Waals surface area (Å²) < 4.78 is 0. The monoisotopic (exact) mass is 325 g/mol. The minimum Gasteiger partial charge on any atom is -0.355 e. The van der Waals surface area contributed by atoms with Gasteiger partial charge < -0.3 is 16.0 Å². The van der Waals surface area contributed by atoms with Crippen LogP contribution < -0.4 is 16.0 Å². The summed E-state index contributed by atoms with van der Waals surface area (Å²) in [4.78, 5) is 23.4. The molecule has 5 nitrogen and oxygen atoms in total. The van der Waals surface area contributed by atoms with Gasteiger partial charge in [0.25, 0.3) is 0 Å². The summed E-state index contributed by atoms with van der Waals surface area (Å²) in [5, 5.41) is 8.76. The van der Waals surface area contributed by atoms with E-state index >= 15 is 0 Å². The van der Waals surface area contributed by atoms with Gasteiger partial charge in [-0.1, -0.05) is 37.6 Å². The summed E-state index contributed by atoms with van der Waals surface area (Å²) >= 11 is 5.88. The number of halogens is 1. The summed E-state index contributed by atoms with van der Waals surface area (Å²) in [5.41, 5.74) is 0.839. The minimum atomic E-state index is -0.571. The lowest BCUT2D eigenvalue weighted by Crippen LogP contribution is -2.50. The number of rotatable bonds is 6. The smallest absolute Gasteiger partial charge is 0.315 e. The normalized spacial score (nSPS) is 12.4. The van der Waals surface area contributed by atoms with Crippen molar-refractivity contribution < 1.29 is 9.59 Å². The zero-order chi connectivity index (χ0) is 16.8. The summed E-state index contributed by atoms with van der Waals surface area (Å²) in [6.07, 6.45) is 0. The second-order valence-corrected chi connectivity index (χ2v) is 6.27. The van der Waals surface area contributed by atoms with Gasteiger partial charge in [-0.05, 0) is 31.5 Å². The van der Waals surface area contributed by atoms with Gasteiger partial charge in [-0.2, -0.15) is 0 Å². The third-order valence-electron chi connectivity index (χ3n) is 3.41. The van der Waals surface area contributed by atoms with E-state index in [9.17, 15) is 9.59 Å². The molecule has 122 valence electrons. The highest BCUT2D eigenvalue weighted by Crippen LogP contribution is 2.23. The highest BCUT2D eigenvalue weighted by molar-refractivity contribution is 6.30. The van der Waals surface area contributed by atoms with Crippen LogP contribution in [-0.4, -0.2) is 31.1 Å². The molecule has 0 saturated carbocycles. The number of nitrogens with one attached hydrogen (secondary N) is 3. The first-order valence-electron chi connectivity index (χ1n) is 7.34. The van der Waals surface area contributed by atoms with Gasteiger partial charge in [-0.3, -0.25) is 4.79 Å². The molecule has 0 radical (unpaired) electrons. The van der Waals surface area contributed by atoms with Crippen LogP contribution in [-0.2, 0) is 10.2 Å². The molecule has 0 aliphatic carbocycles. The first-order valence-corrected chi connectivity index (χ1v) is 7.72. The lowest BCUT2D eigenvalue weighted by atomic mass is 9.85. The van der Waals surface area contributed by atoms with Gasteiger partial charge in [0.05, 0.1) is 0 Å². The largest absolute Gasteiger partial charge is 0.355 e. The molecule has 0 aliphatic heterocycles. The van der Waals surface area contributed by atoms with Gasteiger partial charge in [0.15, 0.2) is 0 Å². The lowest BCUT2D eigenvalue weighted by Gasteiger charge is -2.26. The molecule has 0 saturated heterocycles. The number of carbonyl (C=O) groups excluding carboxylic acids is 2. The average Bonchev–Trinajstić information content (AvgIpc) is 2.46. The molecule has 0 bridgehead atoms. The van der Waals surface area contributed by atoms with E-state index in [1.165, 1.54) is 0 Å². The predicted octanol–water partition coefficient (Wildman–Crippen LogP) is 2.44. The van der Waals surface area contributed by atoms with Gasteiger partial charge in [0, 0.05) is 23.5 Å². The molecule has 6 heteroatoms. The molecule has 0 aromatic heterocycles. The molecular weight excluding hydrogens is 302 g/mol. The van der Waals surface area contributed by atoms with Crippen molar-refractivity contribution in [3.63, 3.8) is 0 Å². The molecule has 0 fully saturated rings. The van der Waals surface area contributed by atoms with E-state index < -0.39 is 6.04 Å². The Morgan fingerprint density at radius 3 is 2.32 bits per heavy atom. The second-order valence-electron chi connectivity index (χ2n) is 5.83. The predicted molar refractivity (Wildman–Crippen MR) is 89.2 cm³/mol. The van der Waals surface area contributed by atoms with Crippen molar-refractivity contribution in [2.24, 2.45) is 0 Å². The van der Waals surface area contributed by atoms with Crippen LogP contribution >= 0.6 is 11.6 Å². The van der Waals surface area contributed by atoms with E-state index in [-0.39, 0.29) is 17.4 Å². The molecule has 0 unspecified atom stereocenters. The highest BCUT2D eigenvalue weighted by atomic mass is 35.5. The summed E-state index contributed by atoms with van der Waals surface area (Å²) in [6, 6.07) is 6.61. The molecule has 3 N–H and O–H groups in total. The standard InChI is InChI=1S/C16H24ClN3O2/c1-5-18-14(21)11(2)20-15(22)19-10-16(3,4)12-6-8-13(17)9-7-12/h6-9,11H,5,10H2,1-4H3,(H,18,21)(H2,19,20,22)/t11-/m1/s1. The lowest BCUT2D eigenvalue weighted by molar-refractivity contribution is -0.122. The molecule has 22 heavy (non-hydrogen) atoms. The molecule has 1 aromatic carbocycles. The van der Waals surface area contributed by atoms with Crippen molar-refractivity contribution in [1.29, 1.82) is 0 Å². The second kappa shape index (κ2) is 8.03. The summed E-state index contributed by atoms with van der Waals surface area (Å²) in [7, 11) is 0. The maximum Gasteiger partial charge on any atom is 0.315 e. The Labute approximate surface area is 136 Å². The van der Waals surface area contributed by atoms with Crippen LogP contribution in [0.4, 0.5) is 4.79 Å². The van der Waals surface area contributed by atoms with Crippen LogP contribution in [0.25, 0.3) is 0 Å². The van der Waals surface area contributed by atoms with Crippen molar-refractivity contribution in [3.05, 3.63) is 34.9 Å². The van der Waals surface area contributed by atoms with Gasteiger partial charge in [0.2, 0.25) is 5.91 Å². The Kier molecular flexibility index (Phi) is 6.68. The molecule has 0 heterocycles. The average molecular weight is 326 g/mol. The molecular formula is C16H24ClN3O2. The van der Waals surface area contributed by atoms with E-state index in [0.717, 1.165) is 5.56 Å². The number of amides is 3. The SMILES string of the molecule is CCNC(=O)[C@@H](C)NC(=O)NCC(C)(C)c1ccc(Cl)cc1. The molecule has 0 spiro atoms. The summed E-state index contributed by atoms with van der Waals surface area (Å²) in [5.74, 6) is -0.199. The number of hydrogen-bond donors (Lipinski definition) is 3. The van der Waals surface area contributed by atoms with Gasteiger partial charge in [0.1, 0.15) is 6.04 Å². The molecule has 1 aromatic rings.